The van der Waals surface area contributed by atoms with Gasteiger partial charge in [0.25, 0.3) is 0 Å². The number of hydrogen-bond acceptors (Lipinski definition) is 6. The number of fused-ring (bicyclic) bond motifs is 1. The van der Waals surface area contributed by atoms with Gasteiger partial charge in [0.2, 0.25) is 4.96 Å². The Labute approximate surface area is 109 Å². The maximum Gasteiger partial charge on any atom is 0.235 e. The summed E-state index contributed by atoms with van der Waals surface area (Å²) in [5.41, 5.74) is 0. The highest BCUT2D eigenvalue weighted by Crippen LogP contribution is 2.29. The van der Waals surface area contributed by atoms with Crippen molar-refractivity contribution in [3.8, 4) is 21.5 Å². The molecule has 0 aliphatic rings. The van der Waals surface area contributed by atoms with Gasteiger partial charge in [0.1, 0.15) is 0 Å². The van der Waals surface area contributed by atoms with Crippen molar-refractivity contribution in [3.63, 3.8) is 0 Å². The third-order valence-electron chi connectivity index (χ3n) is 2.46. The van der Waals surface area contributed by atoms with Crippen LogP contribution in [0.5, 0.6) is 0 Å². The van der Waals surface area contributed by atoms with E-state index < -0.39 is 0 Å². The van der Waals surface area contributed by atoms with E-state index >= 15 is 0 Å². The van der Waals surface area contributed by atoms with Gasteiger partial charge in [-0.3, -0.25) is 0 Å². The summed E-state index contributed by atoms with van der Waals surface area (Å²) in [5.74, 6) is 1.52. The van der Waals surface area contributed by atoms with Crippen LogP contribution < -0.4 is 0 Å². The average molecular weight is 274 g/mol. The molecular formula is C11H6N4OS2. The molecule has 0 N–H and O–H groups in total. The molecule has 4 heterocycles. The van der Waals surface area contributed by atoms with Crippen molar-refractivity contribution in [2.75, 3.05) is 0 Å². The molecule has 5 nitrogen and oxygen atoms in total. The third kappa shape index (κ3) is 1.41. The minimum Gasteiger partial charge on any atom is -0.462 e. The molecular weight excluding hydrogens is 268 g/mol. The summed E-state index contributed by atoms with van der Waals surface area (Å²) in [6, 6.07) is 7.72. The molecule has 88 valence electrons. The van der Waals surface area contributed by atoms with Crippen LogP contribution in [0.4, 0.5) is 0 Å². The molecule has 0 atom stereocenters. The molecule has 0 fully saturated rings. The zero-order valence-electron chi connectivity index (χ0n) is 8.98. The summed E-state index contributed by atoms with van der Waals surface area (Å²) in [4.78, 5) is 1.82. The normalized spacial score (nSPS) is 11.3. The van der Waals surface area contributed by atoms with Crippen LogP contribution in [0.2, 0.25) is 0 Å². The van der Waals surface area contributed by atoms with Gasteiger partial charge in [0, 0.05) is 0 Å². The molecule has 0 spiro atoms. The van der Waals surface area contributed by atoms with E-state index in [-0.39, 0.29) is 0 Å². The van der Waals surface area contributed by atoms with Gasteiger partial charge in [0.05, 0.1) is 11.1 Å². The highest BCUT2D eigenvalue weighted by molar-refractivity contribution is 7.19. The minimum absolute atomic E-state index is 0.752. The second-order valence-corrected chi connectivity index (χ2v) is 5.48. The SMILES string of the molecule is c1coc(-c2nn3c(-c4cccs4)nnc3s2)c1. The molecule has 0 aliphatic carbocycles. The number of nitrogens with zero attached hydrogens (tertiary/aromatic N) is 4. The summed E-state index contributed by atoms with van der Waals surface area (Å²) < 4.78 is 7.10. The van der Waals surface area contributed by atoms with E-state index in [9.17, 15) is 0 Å². The average Bonchev–Trinajstić information content (AvgIpc) is 3.13. The molecule has 0 radical (unpaired) electrons. The topological polar surface area (TPSA) is 56.2 Å². The zero-order valence-corrected chi connectivity index (χ0v) is 10.6. The van der Waals surface area contributed by atoms with Gasteiger partial charge in [-0.25, -0.2) is 0 Å². The Morgan fingerprint density at radius 3 is 2.94 bits per heavy atom. The first-order chi connectivity index (χ1) is 8.92. The molecule has 7 heteroatoms. The largest absolute Gasteiger partial charge is 0.462 e. The highest BCUT2D eigenvalue weighted by atomic mass is 32.1. The van der Waals surface area contributed by atoms with Crippen LogP contribution in [0.1, 0.15) is 0 Å². The Bertz CT molecular complexity index is 782. The van der Waals surface area contributed by atoms with Crippen molar-refractivity contribution in [2.45, 2.75) is 0 Å². The maximum absolute atomic E-state index is 5.34. The van der Waals surface area contributed by atoms with Gasteiger partial charge >= 0.3 is 0 Å². The number of thiophene rings is 1. The summed E-state index contributed by atoms with van der Waals surface area (Å²) in [5, 5.41) is 15.6. The molecule has 0 unspecified atom stereocenters. The summed E-state index contributed by atoms with van der Waals surface area (Å²) >= 11 is 3.08. The lowest BCUT2D eigenvalue weighted by Crippen LogP contribution is -1.88. The second-order valence-electron chi connectivity index (χ2n) is 3.58. The first kappa shape index (κ1) is 9.98. The van der Waals surface area contributed by atoms with Gasteiger partial charge in [0.15, 0.2) is 16.6 Å². The van der Waals surface area contributed by atoms with Crippen molar-refractivity contribution in [1.29, 1.82) is 0 Å². The van der Waals surface area contributed by atoms with E-state index in [0.717, 1.165) is 26.4 Å². The van der Waals surface area contributed by atoms with Crippen LogP contribution in [0.25, 0.3) is 26.4 Å². The molecule has 0 saturated heterocycles. The Hall–Kier alpha value is -1.99. The van der Waals surface area contributed by atoms with Crippen molar-refractivity contribution in [2.24, 2.45) is 0 Å². The molecule has 0 saturated carbocycles. The fraction of sp³-hybridized carbons (Fsp3) is 0. The van der Waals surface area contributed by atoms with Crippen LogP contribution in [0.15, 0.2) is 40.3 Å². The van der Waals surface area contributed by atoms with Crippen LogP contribution in [0, 0.1) is 0 Å². The summed E-state index contributed by atoms with van der Waals surface area (Å²) in [6.07, 6.45) is 1.64. The number of furan rings is 1. The number of aromatic nitrogens is 4. The Balaban J connectivity index is 1.92. The van der Waals surface area contributed by atoms with E-state index in [2.05, 4.69) is 15.3 Å². The molecule has 0 bridgehead atoms. The zero-order chi connectivity index (χ0) is 11.9. The lowest BCUT2D eigenvalue weighted by molar-refractivity contribution is 0.580. The van der Waals surface area contributed by atoms with E-state index in [4.69, 9.17) is 4.42 Å². The molecule has 18 heavy (non-hydrogen) atoms. The Morgan fingerprint density at radius 2 is 2.17 bits per heavy atom. The standard InChI is InChI=1S/C11H6N4OS2/c1-3-7(16-5-1)10-14-15-9(8-4-2-6-17-8)12-13-11(15)18-10/h1-6H. The van der Waals surface area contributed by atoms with Crippen molar-refractivity contribution < 1.29 is 4.42 Å². The monoisotopic (exact) mass is 274 g/mol. The van der Waals surface area contributed by atoms with Crippen LogP contribution in [-0.4, -0.2) is 19.8 Å². The molecule has 4 aromatic heterocycles. The fourth-order valence-electron chi connectivity index (χ4n) is 1.68. The van der Waals surface area contributed by atoms with Crippen LogP contribution >= 0.6 is 22.7 Å². The quantitative estimate of drug-likeness (QED) is 0.563. The van der Waals surface area contributed by atoms with Crippen molar-refractivity contribution >= 4 is 27.6 Å². The van der Waals surface area contributed by atoms with Crippen molar-refractivity contribution in [3.05, 3.63) is 35.9 Å². The van der Waals surface area contributed by atoms with Gasteiger partial charge in [-0.2, -0.15) is 4.52 Å². The van der Waals surface area contributed by atoms with Gasteiger partial charge in [-0.05, 0) is 23.6 Å². The van der Waals surface area contributed by atoms with Gasteiger partial charge in [-0.1, -0.05) is 17.4 Å². The molecule has 4 rings (SSSR count). The van der Waals surface area contributed by atoms with E-state index in [1.54, 1.807) is 22.1 Å². The van der Waals surface area contributed by atoms with Gasteiger partial charge in [-0.15, -0.1) is 26.6 Å². The second kappa shape index (κ2) is 3.76. The third-order valence-corrected chi connectivity index (χ3v) is 4.24. The lowest BCUT2D eigenvalue weighted by atomic mass is 10.4. The van der Waals surface area contributed by atoms with E-state index in [1.807, 2.05) is 29.6 Å². The first-order valence-corrected chi connectivity index (χ1v) is 6.91. The highest BCUT2D eigenvalue weighted by Gasteiger charge is 2.15. The smallest absolute Gasteiger partial charge is 0.235 e. The van der Waals surface area contributed by atoms with E-state index in [0.29, 0.717) is 0 Å². The molecule has 0 aliphatic heterocycles. The summed E-state index contributed by atoms with van der Waals surface area (Å²) in [7, 11) is 0. The molecule has 0 amide bonds. The fourth-order valence-corrected chi connectivity index (χ4v) is 3.18. The predicted octanol–water partition coefficient (Wildman–Crippen LogP) is 3.17. The van der Waals surface area contributed by atoms with Gasteiger partial charge < -0.3 is 4.42 Å². The van der Waals surface area contributed by atoms with E-state index in [1.165, 1.54) is 11.3 Å². The molecule has 0 aromatic carbocycles. The minimum atomic E-state index is 0.752. The van der Waals surface area contributed by atoms with Crippen LogP contribution in [-0.2, 0) is 0 Å². The first-order valence-electron chi connectivity index (χ1n) is 5.22. The lowest BCUT2D eigenvalue weighted by Gasteiger charge is -1.90. The number of hydrogen-bond donors (Lipinski definition) is 0. The Kier molecular flexibility index (Phi) is 2.08. The summed E-state index contributed by atoms with van der Waals surface area (Å²) in [6.45, 7) is 0. The number of rotatable bonds is 2. The maximum atomic E-state index is 5.34. The predicted molar refractivity (Wildman–Crippen MR) is 69.7 cm³/mol. The molecule has 4 aromatic rings. The Morgan fingerprint density at radius 1 is 1.17 bits per heavy atom. The van der Waals surface area contributed by atoms with Crippen LogP contribution in [0.3, 0.4) is 0 Å². The van der Waals surface area contributed by atoms with Crippen molar-refractivity contribution in [1.82, 2.24) is 19.8 Å².